The lowest BCUT2D eigenvalue weighted by Gasteiger charge is -2.22. The van der Waals surface area contributed by atoms with Gasteiger partial charge < -0.3 is 5.32 Å². The van der Waals surface area contributed by atoms with E-state index in [1.165, 1.54) is 19.3 Å². The lowest BCUT2D eigenvalue weighted by Crippen LogP contribution is -2.39. The predicted octanol–water partition coefficient (Wildman–Crippen LogP) is 5.45. The quantitative estimate of drug-likeness (QED) is 0.656. The van der Waals surface area contributed by atoms with Gasteiger partial charge in [-0.25, -0.2) is 4.79 Å². The summed E-state index contributed by atoms with van der Waals surface area (Å²) in [6.45, 7) is 0.529. The first-order chi connectivity index (χ1) is 12.0. The Morgan fingerprint density at radius 3 is 2.72 bits per heavy atom. The minimum Gasteiger partial charge on any atom is -0.335 e. The van der Waals surface area contributed by atoms with Crippen molar-refractivity contribution in [1.29, 1.82) is 0 Å². The number of nitrogens with one attached hydrogen (secondary N) is 2. The summed E-state index contributed by atoms with van der Waals surface area (Å²) in [5.74, 6) is 0.494. The molecule has 0 unspecified atom stereocenters. The highest BCUT2D eigenvalue weighted by Crippen LogP contribution is 2.25. The summed E-state index contributed by atoms with van der Waals surface area (Å²) in [6.07, 6.45) is 7.50. The third kappa shape index (κ3) is 5.12. The van der Waals surface area contributed by atoms with Crippen LogP contribution >= 0.6 is 39.1 Å². The summed E-state index contributed by atoms with van der Waals surface area (Å²) < 4.78 is 2.46. The van der Waals surface area contributed by atoms with Gasteiger partial charge in [-0.3, -0.25) is 10.00 Å². The molecule has 134 valence electrons. The molecular formula is C17H19BrCl2N4O. The molecule has 1 aromatic carbocycles. The summed E-state index contributed by atoms with van der Waals surface area (Å²) in [4.78, 5) is 12.2. The van der Waals surface area contributed by atoms with Gasteiger partial charge in [0.2, 0.25) is 0 Å². The molecule has 1 aliphatic rings. The number of rotatable bonds is 4. The van der Waals surface area contributed by atoms with E-state index >= 15 is 0 Å². The fraction of sp³-hybridized carbons (Fsp3) is 0.412. The predicted molar refractivity (Wildman–Crippen MR) is 105 cm³/mol. The molecule has 0 saturated heterocycles. The maximum absolute atomic E-state index is 12.2. The van der Waals surface area contributed by atoms with Crippen LogP contribution in [0.15, 0.2) is 28.9 Å². The number of carbonyl (C=O) groups is 1. The molecule has 25 heavy (non-hydrogen) atoms. The molecule has 2 N–H and O–H groups in total. The van der Waals surface area contributed by atoms with Crippen LogP contribution in [-0.4, -0.2) is 21.9 Å². The zero-order valence-corrected chi connectivity index (χ0v) is 16.7. The molecule has 1 fully saturated rings. The average molecular weight is 446 g/mol. The van der Waals surface area contributed by atoms with Crippen LogP contribution in [0.25, 0.3) is 0 Å². The number of hydrogen-bond donors (Lipinski definition) is 2. The van der Waals surface area contributed by atoms with E-state index in [1.807, 2.05) is 18.3 Å². The highest BCUT2D eigenvalue weighted by Gasteiger charge is 2.17. The number of amides is 2. The van der Waals surface area contributed by atoms with Gasteiger partial charge in [0.15, 0.2) is 5.82 Å². The Kier molecular flexibility index (Phi) is 6.25. The Balaban J connectivity index is 1.61. The van der Waals surface area contributed by atoms with Gasteiger partial charge in [0, 0.05) is 12.2 Å². The van der Waals surface area contributed by atoms with Gasteiger partial charge in [-0.1, -0.05) is 48.5 Å². The molecule has 8 heteroatoms. The van der Waals surface area contributed by atoms with Gasteiger partial charge in [0.1, 0.15) is 0 Å². The molecule has 2 aromatic rings. The molecule has 0 radical (unpaired) electrons. The normalized spacial score (nSPS) is 15.2. The smallest absolute Gasteiger partial charge is 0.320 e. The first-order valence-corrected chi connectivity index (χ1v) is 9.80. The summed E-state index contributed by atoms with van der Waals surface area (Å²) in [5, 5.41) is 11.3. The summed E-state index contributed by atoms with van der Waals surface area (Å²) in [7, 11) is 0. The molecular weight excluding hydrogens is 427 g/mol. The first kappa shape index (κ1) is 18.5. The molecule has 3 rings (SSSR count). The highest BCUT2D eigenvalue weighted by molar-refractivity contribution is 9.10. The number of benzene rings is 1. The molecule has 1 heterocycles. The summed E-state index contributed by atoms with van der Waals surface area (Å²) in [5.41, 5.74) is 0.975. The van der Waals surface area contributed by atoms with Gasteiger partial charge >= 0.3 is 6.03 Å². The van der Waals surface area contributed by atoms with E-state index in [2.05, 4.69) is 31.7 Å². The Hall–Kier alpha value is -1.24. The van der Waals surface area contributed by atoms with Crippen LogP contribution in [0.4, 0.5) is 10.6 Å². The minimum atomic E-state index is -0.215. The monoisotopic (exact) mass is 444 g/mol. The third-order valence-corrected chi connectivity index (χ3v) is 5.54. The highest BCUT2D eigenvalue weighted by atomic mass is 79.9. The van der Waals surface area contributed by atoms with Gasteiger partial charge in [-0.15, -0.1) is 0 Å². The van der Waals surface area contributed by atoms with Gasteiger partial charge in [0.25, 0.3) is 0 Å². The van der Waals surface area contributed by atoms with Crippen molar-refractivity contribution in [2.45, 2.75) is 44.7 Å². The number of nitrogens with zero attached hydrogens (tertiary/aromatic N) is 2. The van der Waals surface area contributed by atoms with E-state index < -0.39 is 0 Å². The topological polar surface area (TPSA) is 59.0 Å². The lowest BCUT2D eigenvalue weighted by molar-refractivity contribution is 0.244. The van der Waals surface area contributed by atoms with E-state index in [1.54, 1.807) is 10.7 Å². The van der Waals surface area contributed by atoms with Crippen LogP contribution in [-0.2, 0) is 6.54 Å². The Labute approximate surface area is 165 Å². The minimum absolute atomic E-state index is 0.215. The van der Waals surface area contributed by atoms with Gasteiger partial charge in [-0.05, 0) is 46.5 Å². The van der Waals surface area contributed by atoms with Crippen molar-refractivity contribution in [3.05, 3.63) is 44.5 Å². The largest absolute Gasteiger partial charge is 0.335 e. The van der Waals surface area contributed by atoms with E-state index in [9.17, 15) is 4.79 Å². The number of urea groups is 1. The zero-order valence-electron chi connectivity index (χ0n) is 13.6. The zero-order chi connectivity index (χ0) is 17.8. The maximum atomic E-state index is 12.2. The second kappa shape index (κ2) is 8.43. The van der Waals surface area contributed by atoms with Crippen molar-refractivity contribution in [2.75, 3.05) is 5.32 Å². The molecule has 0 aliphatic heterocycles. The molecule has 0 bridgehead atoms. The van der Waals surface area contributed by atoms with Crippen LogP contribution in [0.2, 0.25) is 10.0 Å². The Morgan fingerprint density at radius 2 is 2.00 bits per heavy atom. The van der Waals surface area contributed by atoms with Crippen molar-refractivity contribution in [1.82, 2.24) is 15.1 Å². The van der Waals surface area contributed by atoms with Crippen LogP contribution in [0.1, 0.15) is 37.7 Å². The molecule has 0 spiro atoms. The fourth-order valence-electron chi connectivity index (χ4n) is 2.96. The van der Waals surface area contributed by atoms with Gasteiger partial charge in [0.05, 0.1) is 21.1 Å². The Bertz CT molecular complexity index is 759. The number of aromatic nitrogens is 2. The molecule has 1 aromatic heterocycles. The molecule has 2 amide bonds. The number of carbonyl (C=O) groups excluding carboxylic acids is 1. The van der Waals surface area contributed by atoms with Crippen molar-refractivity contribution >= 4 is 51.0 Å². The van der Waals surface area contributed by atoms with Crippen LogP contribution < -0.4 is 10.6 Å². The number of anilines is 1. The van der Waals surface area contributed by atoms with Crippen molar-refractivity contribution in [3.63, 3.8) is 0 Å². The molecule has 5 nitrogen and oxygen atoms in total. The van der Waals surface area contributed by atoms with E-state index in [-0.39, 0.29) is 12.1 Å². The van der Waals surface area contributed by atoms with Gasteiger partial charge in [-0.2, -0.15) is 5.10 Å². The SMILES string of the molecule is O=C(Nc1nn(Cc2ccc(Cl)c(Cl)c2)cc1Br)NC1CCCCC1. The lowest BCUT2D eigenvalue weighted by atomic mass is 9.96. The van der Waals surface area contributed by atoms with E-state index in [0.29, 0.717) is 22.4 Å². The Morgan fingerprint density at radius 1 is 1.24 bits per heavy atom. The van der Waals surface area contributed by atoms with Crippen LogP contribution in [0.5, 0.6) is 0 Å². The molecule has 0 atom stereocenters. The molecule has 1 aliphatic carbocycles. The summed E-state index contributed by atoms with van der Waals surface area (Å²) in [6, 6.07) is 5.50. The van der Waals surface area contributed by atoms with Crippen LogP contribution in [0, 0.1) is 0 Å². The standard InChI is InChI=1S/C17H19BrCl2N4O/c18-13-10-24(9-11-6-7-14(19)15(20)8-11)23-16(13)22-17(25)21-12-4-2-1-3-5-12/h6-8,10,12H,1-5,9H2,(H2,21,22,23,25). The maximum Gasteiger partial charge on any atom is 0.320 e. The van der Waals surface area contributed by atoms with Crippen LogP contribution in [0.3, 0.4) is 0 Å². The second-order valence-electron chi connectivity index (χ2n) is 6.21. The number of halogens is 3. The first-order valence-electron chi connectivity index (χ1n) is 8.25. The fourth-order valence-corrected chi connectivity index (χ4v) is 3.70. The second-order valence-corrected chi connectivity index (χ2v) is 7.87. The summed E-state index contributed by atoms with van der Waals surface area (Å²) >= 11 is 15.4. The van der Waals surface area contributed by atoms with Crippen molar-refractivity contribution < 1.29 is 4.79 Å². The van der Waals surface area contributed by atoms with E-state index in [4.69, 9.17) is 23.2 Å². The van der Waals surface area contributed by atoms with Crippen molar-refractivity contribution in [2.24, 2.45) is 0 Å². The average Bonchev–Trinajstić information content (AvgIpc) is 2.91. The number of hydrogen-bond acceptors (Lipinski definition) is 2. The third-order valence-electron chi connectivity index (χ3n) is 4.22. The molecule has 1 saturated carbocycles. The van der Waals surface area contributed by atoms with Crippen molar-refractivity contribution in [3.8, 4) is 0 Å². The van der Waals surface area contributed by atoms with E-state index in [0.717, 1.165) is 22.9 Å².